The number of thiazole rings is 1. The topological polar surface area (TPSA) is 62.2 Å². The Labute approximate surface area is 87.0 Å². The summed E-state index contributed by atoms with van der Waals surface area (Å²) in [5, 5.41) is 14.4. The van der Waals surface area contributed by atoms with Gasteiger partial charge in [-0.05, 0) is 12.8 Å². The van der Waals surface area contributed by atoms with Gasteiger partial charge in [0.15, 0.2) is 5.13 Å². The molecule has 0 aliphatic heterocycles. The lowest BCUT2D eigenvalue weighted by molar-refractivity contribution is -0.137. The molecule has 0 spiro atoms. The van der Waals surface area contributed by atoms with Crippen molar-refractivity contribution in [3.05, 3.63) is 11.6 Å². The molecule has 0 unspecified atom stereocenters. The molecule has 2 N–H and O–H groups in total. The van der Waals surface area contributed by atoms with Crippen molar-refractivity contribution in [2.45, 2.75) is 25.7 Å². The quantitative estimate of drug-likeness (QED) is 0.683. The molecule has 14 heavy (non-hydrogen) atoms. The number of carboxylic acids is 1. The van der Waals surface area contributed by atoms with Gasteiger partial charge in [-0.1, -0.05) is 6.42 Å². The summed E-state index contributed by atoms with van der Waals surface area (Å²) < 4.78 is 0. The van der Waals surface area contributed by atoms with Gasteiger partial charge in [-0.25, -0.2) is 4.98 Å². The van der Waals surface area contributed by atoms with Gasteiger partial charge in [-0.2, -0.15) is 0 Å². The maximum absolute atomic E-state index is 10.2. The molecule has 1 aromatic heterocycles. The molecule has 1 heterocycles. The van der Waals surface area contributed by atoms with Gasteiger partial charge in [-0.15, -0.1) is 11.3 Å². The Kier molecular flexibility index (Phi) is 4.99. The molecule has 0 atom stereocenters. The number of nitrogens with zero attached hydrogens (tertiary/aromatic N) is 1. The second-order valence-corrected chi connectivity index (χ2v) is 3.86. The lowest BCUT2D eigenvalue weighted by Crippen LogP contribution is -2.01. The van der Waals surface area contributed by atoms with Gasteiger partial charge in [0, 0.05) is 24.5 Å². The number of carboxylic acid groups (broad SMARTS) is 1. The van der Waals surface area contributed by atoms with E-state index in [1.807, 2.05) is 5.38 Å². The summed E-state index contributed by atoms with van der Waals surface area (Å²) in [4.78, 5) is 14.3. The first-order valence-electron chi connectivity index (χ1n) is 4.64. The van der Waals surface area contributed by atoms with Crippen LogP contribution in [0.5, 0.6) is 0 Å². The van der Waals surface area contributed by atoms with E-state index in [1.165, 1.54) is 0 Å². The second kappa shape index (κ2) is 6.37. The third-order valence-electron chi connectivity index (χ3n) is 1.78. The molecule has 0 aromatic carbocycles. The van der Waals surface area contributed by atoms with Crippen LogP contribution in [0.3, 0.4) is 0 Å². The number of hydrogen-bond donors (Lipinski definition) is 2. The minimum absolute atomic E-state index is 0.275. The predicted octanol–water partition coefficient (Wildman–Crippen LogP) is 2.20. The van der Waals surface area contributed by atoms with Crippen molar-refractivity contribution in [1.29, 1.82) is 0 Å². The summed E-state index contributed by atoms with van der Waals surface area (Å²) in [6.07, 6.45) is 4.74. The van der Waals surface area contributed by atoms with Crippen molar-refractivity contribution >= 4 is 22.4 Å². The van der Waals surface area contributed by atoms with Gasteiger partial charge < -0.3 is 10.4 Å². The number of aliphatic carboxylic acids is 1. The first-order chi connectivity index (χ1) is 6.79. The summed E-state index contributed by atoms with van der Waals surface area (Å²) in [5.74, 6) is -0.710. The molecule has 1 rings (SSSR count). The Balaban J connectivity index is 1.92. The van der Waals surface area contributed by atoms with E-state index in [2.05, 4.69) is 10.3 Å². The van der Waals surface area contributed by atoms with E-state index in [-0.39, 0.29) is 6.42 Å². The Morgan fingerprint density at radius 2 is 2.36 bits per heavy atom. The van der Waals surface area contributed by atoms with Crippen LogP contribution in [-0.2, 0) is 4.79 Å². The largest absolute Gasteiger partial charge is 0.481 e. The number of anilines is 1. The molecule has 4 nitrogen and oxygen atoms in total. The van der Waals surface area contributed by atoms with E-state index in [9.17, 15) is 4.79 Å². The minimum atomic E-state index is -0.710. The van der Waals surface area contributed by atoms with Crippen LogP contribution in [0.15, 0.2) is 11.6 Å². The summed E-state index contributed by atoms with van der Waals surface area (Å²) in [6, 6.07) is 0. The van der Waals surface area contributed by atoms with E-state index in [0.29, 0.717) is 0 Å². The van der Waals surface area contributed by atoms with Crippen molar-refractivity contribution in [2.24, 2.45) is 0 Å². The third-order valence-corrected chi connectivity index (χ3v) is 2.51. The van der Waals surface area contributed by atoms with Gasteiger partial charge in [-0.3, -0.25) is 4.79 Å². The molecule has 0 amide bonds. The number of nitrogens with one attached hydrogen (secondary N) is 1. The Morgan fingerprint density at radius 3 is 3.00 bits per heavy atom. The molecule has 1 aromatic rings. The fraction of sp³-hybridized carbons (Fsp3) is 0.556. The molecule has 0 bridgehead atoms. The molecule has 0 aliphatic carbocycles. The first kappa shape index (κ1) is 11.0. The molecule has 0 aliphatic rings. The highest BCUT2D eigenvalue weighted by Crippen LogP contribution is 2.10. The fourth-order valence-electron chi connectivity index (χ4n) is 1.08. The summed E-state index contributed by atoms with van der Waals surface area (Å²) in [7, 11) is 0. The molecule has 0 saturated carbocycles. The maximum atomic E-state index is 10.2. The highest BCUT2D eigenvalue weighted by Gasteiger charge is 1.96. The van der Waals surface area contributed by atoms with Crippen LogP contribution in [0.2, 0.25) is 0 Å². The van der Waals surface area contributed by atoms with E-state index in [1.54, 1.807) is 17.5 Å². The third kappa shape index (κ3) is 4.81. The van der Waals surface area contributed by atoms with Gasteiger partial charge >= 0.3 is 5.97 Å². The lowest BCUT2D eigenvalue weighted by atomic mass is 10.2. The fourth-order valence-corrected chi connectivity index (χ4v) is 1.64. The van der Waals surface area contributed by atoms with Crippen molar-refractivity contribution < 1.29 is 9.90 Å². The molecular formula is C9H14N2O2S. The smallest absolute Gasteiger partial charge is 0.303 e. The van der Waals surface area contributed by atoms with Crippen LogP contribution < -0.4 is 5.32 Å². The van der Waals surface area contributed by atoms with Crippen LogP contribution >= 0.6 is 11.3 Å². The predicted molar refractivity (Wildman–Crippen MR) is 56.7 cm³/mol. The normalized spacial score (nSPS) is 10.0. The van der Waals surface area contributed by atoms with Crippen molar-refractivity contribution in [2.75, 3.05) is 11.9 Å². The minimum Gasteiger partial charge on any atom is -0.481 e. The molecule has 0 fully saturated rings. The monoisotopic (exact) mass is 214 g/mol. The van der Waals surface area contributed by atoms with Crippen molar-refractivity contribution in [3.63, 3.8) is 0 Å². The summed E-state index contributed by atoms with van der Waals surface area (Å²) in [6.45, 7) is 0.868. The number of unbranched alkanes of at least 4 members (excludes halogenated alkanes) is 2. The first-order valence-corrected chi connectivity index (χ1v) is 5.52. The zero-order valence-electron chi connectivity index (χ0n) is 7.90. The molecular weight excluding hydrogens is 200 g/mol. The van der Waals surface area contributed by atoms with Crippen molar-refractivity contribution in [1.82, 2.24) is 4.98 Å². The number of carbonyl (C=O) groups is 1. The summed E-state index contributed by atoms with van der Waals surface area (Å²) >= 11 is 1.58. The highest BCUT2D eigenvalue weighted by molar-refractivity contribution is 7.13. The molecule has 78 valence electrons. The Hall–Kier alpha value is -1.10. The highest BCUT2D eigenvalue weighted by atomic mass is 32.1. The van der Waals surface area contributed by atoms with Crippen LogP contribution in [0.4, 0.5) is 5.13 Å². The van der Waals surface area contributed by atoms with Gasteiger partial charge in [0.05, 0.1) is 0 Å². The number of rotatable bonds is 7. The van der Waals surface area contributed by atoms with Crippen LogP contribution in [-0.4, -0.2) is 22.6 Å². The Morgan fingerprint density at radius 1 is 1.50 bits per heavy atom. The lowest BCUT2D eigenvalue weighted by Gasteiger charge is -2.01. The standard InChI is InChI=1S/C9H14N2O2S/c12-8(13)4-2-1-3-5-10-9-11-6-7-14-9/h6-7H,1-5H2,(H,10,11)(H,12,13). The van der Waals surface area contributed by atoms with Crippen LogP contribution in [0.1, 0.15) is 25.7 Å². The Bertz CT molecular complexity index is 262. The molecule has 0 radical (unpaired) electrons. The molecule has 0 saturated heterocycles. The number of aromatic nitrogens is 1. The van der Waals surface area contributed by atoms with E-state index >= 15 is 0 Å². The zero-order chi connectivity index (χ0) is 10.2. The average Bonchev–Trinajstić information content (AvgIpc) is 2.63. The van der Waals surface area contributed by atoms with E-state index in [0.717, 1.165) is 30.9 Å². The zero-order valence-corrected chi connectivity index (χ0v) is 8.72. The van der Waals surface area contributed by atoms with Gasteiger partial charge in [0.2, 0.25) is 0 Å². The number of hydrogen-bond acceptors (Lipinski definition) is 4. The van der Waals surface area contributed by atoms with Gasteiger partial charge in [0.1, 0.15) is 0 Å². The van der Waals surface area contributed by atoms with E-state index in [4.69, 9.17) is 5.11 Å². The maximum Gasteiger partial charge on any atom is 0.303 e. The molecule has 5 heteroatoms. The SMILES string of the molecule is O=C(O)CCCCCNc1nccs1. The second-order valence-electron chi connectivity index (χ2n) is 2.97. The summed E-state index contributed by atoms with van der Waals surface area (Å²) in [5.41, 5.74) is 0. The van der Waals surface area contributed by atoms with Gasteiger partial charge in [0.25, 0.3) is 0 Å². The van der Waals surface area contributed by atoms with Crippen LogP contribution in [0.25, 0.3) is 0 Å². The van der Waals surface area contributed by atoms with Crippen molar-refractivity contribution in [3.8, 4) is 0 Å². The average molecular weight is 214 g/mol. The van der Waals surface area contributed by atoms with Crippen LogP contribution in [0, 0.1) is 0 Å². The van der Waals surface area contributed by atoms with E-state index < -0.39 is 5.97 Å².